The zero-order valence-electron chi connectivity index (χ0n) is 8.89. The van der Waals surface area contributed by atoms with Gasteiger partial charge >= 0.3 is 0 Å². The number of amides is 1. The Balaban J connectivity index is 1.87. The molecule has 1 amide bonds. The van der Waals surface area contributed by atoms with Gasteiger partial charge in [0, 0.05) is 6.07 Å². The molecule has 2 rings (SSSR count). The van der Waals surface area contributed by atoms with Gasteiger partial charge in [-0.05, 0) is 12.1 Å². The first-order valence-electron chi connectivity index (χ1n) is 4.79. The molecule has 18 heavy (non-hydrogen) atoms. The molecule has 94 valence electrons. The minimum Gasteiger partial charge on any atom is -0.484 e. The van der Waals surface area contributed by atoms with Gasteiger partial charge < -0.3 is 4.74 Å². The molecule has 2 aromatic rings. The van der Waals surface area contributed by atoms with Crippen molar-refractivity contribution in [3.63, 3.8) is 0 Å². The lowest BCUT2D eigenvalue weighted by atomic mass is 10.3. The number of hydrogen-bond donors (Lipinski definition) is 1. The van der Waals surface area contributed by atoms with Crippen molar-refractivity contribution in [3.05, 3.63) is 33.8 Å². The van der Waals surface area contributed by atoms with E-state index in [1.54, 1.807) is 18.2 Å². The fraction of sp³-hybridized carbons (Fsp3) is 0.100. The van der Waals surface area contributed by atoms with Gasteiger partial charge in [-0.15, -0.1) is 10.2 Å². The van der Waals surface area contributed by atoms with Crippen molar-refractivity contribution in [2.75, 3.05) is 11.9 Å². The third-order valence-electron chi connectivity index (χ3n) is 1.87. The monoisotopic (exact) mass is 303 g/mol. The predicted molar refractivity (Wildman–Crippen MR) is 70.5 cm³/mol. The minimum atomic E-state index is -0.321. The molecule has 0 aliphatic heterocycles. The number of hydrogen-bond acceptors (Lipinski definition) is 5. The molecular weight excluding hydrogens is 297 g/mol. The van der Waals surface area contributed by atoms with Crippen molar-refractivity contribution < 1.29 is 9.53 Å². The maximum Gasteiger partial charge on any atom is 0.264 e. The van der Waals surface area contributed by atoms with Crippen LogP contribution < -0.4 is 10.1 Å². The summed E-state index contributed by atoms with van der Waals surface area (Å²) in [6.07, 6.45) is 0. The van der Waals surface area contributed by atoms with E-state index in [4.69, 9.17) is 27.9 Å². The Morgan fingerprint density at radius 3 is 2.89 bits per heavy atom. The minimum absolute atomic E-state index is 0.141. The fourth-order valence-corrected chi connectivity index (χ4v) is 1.85. The van der Waals surface area contributed by atoms with Crippen LogP contribution in [0.3, 0.4) is 0 Å². The average molecular weight is 304 g/mol. The Morgan fingerprint density at radius 1 is 1.39 bits per heavy atom. The number of rotatable bonds is 4. The molecule has 0 atom stereocenters. The highest BCUT2D eigenvalue weighted by Crippen LogP contribution is 2.26. The van der Waals surface area contributed by atoms with Gasteiger partial charge in [-0.2, -0.15) is 0 Å². The predicted octanol–water partition coefficient (Wildman–Crippen LogP) is 2.86. The Bertz CT molecular complexity index is 548. The van der Waals surface area contributed by atoms with Gasteiger partial charge in [0.25, 0.3) is 5.91 Å². The van der Waals surface area contributed by atoms with Crippen molar-refractivity contribution in [2.45, 2.75) is 0 Å². The molecule has 0 radical (unpaired) electrons. The summed E-state index contributed by atoms with van der Waals surface area (Å²) in [6.45, 7) is -0.141. The summed E-state index contributed by atoms with van der Waals surface area (Å²) >= 11 is 12.8. The van der Waals surface area contributed by atoms with Crippen LogP contribution in [-0.2, 0) is 4.79 Å². The van der Waals surface area contributed by atoms with E-state index >= 15 is 0 Å². The van der Waals surface area contributed by atoms with Crippen molar-refractivity contribution in [2.24, 2.45) is 0 Å². The summed E-state index contributed by atoms with van der Waals surface area (Å²) in [5.41, 5.74) is 1.52. The quantitative estimate of drug-likeness (QED) is 0.943. The summed E-state index contributed by atoms with van der Waals surface area (Å²) in [6, 6.07) is 4.77. The normalized spacial score (nSPS) is 10.1. The fourth-order valence-electron chi connectivity index (χ4n) is 1.10. The van der Waals surface area contributed by atoms with Gasteiger partial charge in [-0.3, -0.25) is 10.1 Å². The van der Waals surface area contributed by atoms with Crippen LogP contribution in [0.15, 0.2) is 23.7 Å². The standard InChI is InChI=1S/C10H7Cl2N3O2S/c11-7-2-1-6(3-8(7)12)17-4-9(16)14-10-15-13-5-18-10/h1-3,5H,4H2,(H,14,15,16). The topological polar surface area (TPSA) is 64.1 Å². The van der Waals surface area contributed by atoms with E-state index in [9.17, 15) is 4.79 Å². The zero-order chi connectivity index (χ0) is 13.0. The molecule has 8 heteroatoms. The second-order valence-corrected chi connectivity index (χ2v) is 4.80. The maximum absolute atomic E-state index is 11.5. The van der Waals surface area contributed by atoms with Crippen molar-refractivity contribution in [1.29, 1.82) is 0 Å². The Morgan fingerprint density at radius 2 is 2.22 bits per heavy atom. The van der Waals surface area contributed by atoms with Gasteiger partial charge in [0.05, 0.1) is 10.0 Å². The highest BCUT2D eigenvalue weighted by atomic mass is 35.5. The van der Waals surface area contributed by atoms with Crippen molar-refractivity contribution in [1.82, 2.24) is 10.2 Å². The highest BCUT2D eigenvalue weighted by Gasteiger charge is 2.06. The van der Waals surface area contributed by atoms with Gasteiger partial charge in [0.2, 0.25) is 5.13 Å². The number of ether oxygens (including phenoxy) is 1. The molecule has 1 heterocycles. The maximum atomic E-state index is 11.5. The molecule has 1 N–H and O–H groups in total. The third kappa shape index (κ3) is 3.56. The van der Waals surface area contributed by atoms with Crippen LogP contribution in [0.1, 0.15) is 0 Å². The molecule has 0 spiro atoms. The van der Waals surface area contributed by atoms with Crippen molar-refractivity contribution >= 4 is 45.6 Å². The Labute approximate surface area is 117 Å². The molecule has 5 nitrogen and oxygen atoms in total. The first-order chi connectivity index (χ1) is 8.65. The highest BCUT2D eigenvalue weighted by molar-refractivity contribution is 7.13. The lowest BCUT2D eigenvalue weighted by Crippen LogP contribution is -2.20. The van der Waals surface area contributed by atoms with Crippen LogP contribution in [0.25, 0.3) is 0 Å². The zero-order valence-corrected chi connectivity index (χ0v) is 11.2. The largest absolute Gasteiger partial charge is 0.484 e. The summed E-state index contributed by atoms with van der Waals surface area (Å²) < 4.78 is 5.25. The van der Waals surface area contributed by atoms with E-state index in [-0.39, 0.29) is 12.5 Å². The molecule has 0 aliphatic carbocycles. The van der Waals surface area contributed by atoms with Crippen LogP contribution >= 0.6 is 34.5 Å². The number of carbonyl (C=O) groups excluding carboxylic acids is 1. The number of nitrogens with one attached hydrogen (secondary N) is 1. The van der Waals surface area contributed by atoms with Gasteiger partial charge in [-0.1, -0.05) is 34.5 Å². The van der Waals surface area contributed by atoms with Crippen molar-refractivity contribution in [3.8, 4) is 5.75 Å². The molecule has 0 saturated carbocycles. The van der Waals surface area contributed by atoms with E-state index in [0.717, 1.165) is 0 Å². The third-order valence-corrected chi connectivity index (χ3v) is 3.21. The first-order valence-corrected chi connectivity index (χ1v) is 6.42. The number of benzene rings is 1. The lowest BCUT2D eigenvalue weighted by Gasteiger charge is -2.06. The van der Waals surface area contributed by atoms with E-state index < -0.39 is 0 Å². The first kappa shape index (κ1) is 13.1. The molecule has 1 aromatic heterocycles. The summed E-state index contributed by atoms with van der Waals surface area (Å²) in [7, 11) is 0. The smallest absolute Gasteiger partial charge is 0.264 e. The van der Waals surface area contributed by atoms with Crippen LogP contribution in [-0.4, -0.2) is 22.7 Å². The Hall–Kier alpha value is -1.37. The number of nitrogens with zero attached hydrogens (tertiary/aromatic N) is 2. The second-order valence-electron chi connectivity index (χ2n) is 3.16. The molecule has 0 bridgehead atoms. The SMILES string of the molecule is O=C(COc1ccc(Cl)c(Cl)c1)Nc1nncs1. The molecule has 0 fully saturated rings. The molecular formula is C10H7Cl2N3O2S. The van der Waals surface area contributed by atoms with E-state index in [1.165, 1.54) is 16.8 Å². The summed E-state index contributed by atoms with van der Waals surface area (Å²) in [4.78, 5) is 11.5. The van der Waals surface area contributed by atoms with Crippen LogP contribution in [0, 0.1) is 0 Å². The lowest BCUT2D eigenvalue weighted by molar-refractivity contribution is -0.118. The molecule has 1 aromatic carbocycles. The van der Waals surface area contributed by atoms with Crippen LogP contribution in [0.2, 0.25) is 10.0 Å². The van der Waals surface area contributed by atoms with Crippen LogP contribution in [0.5, 0.6) is 5.75 Å². The Kier molecular flexibility index (Phi) is 4.35. The number of aromatic nitrogens is 2. The van der Waals surface area contributed by atoms with Gasteiger partial charge in [-0.25, -0.2) is 0 Å². The average Bonchev–Trinajstić information content (AvgIpc) is 2.83. The number of anilines is 1. The number of carbonyl (C=O) groups is 1. The van der Waals surface area contributed by atoms with Gasteiger partial charge in [0.15, 0.2) is 6.61 Å². The summed E-state index contributed by atoms with van der Waals surface area (Å²) in [5.74, 6) is 0.148. The molecule has 0 unspecified atom stereocenters. The summed E-state index contributed by atoms with van der Waals surface area (Å²) in [5, 5.41) is 11.1. The number of halogens is 2. The second kappa shape index (κ2) is 5.99. The van der Waals surface area contributed by atoms with E-state index in [1.807, 2.05) is 0 Å². The molecule has 0 aliphatic rings. The molecule has 0 saturated heterocycles. The van der Waals surface area contributed by atoms with E-state index in [0.29, 0.717) is 20.9 Å². The van der Waals surface area contributed by atoms with E-state index in [2.05, 4.69) is 15.5 Å². The van der Waals surface area contributed by atoms with Gasteiger partial charge in [0.1, 0.15) is 11.3 Å². The van der Waals surface area contributed by atoms with Crippen LogP contribution in [0.4, 0.5) is 5.13 Å².